The Morgan fingerprint density at radius 1 is 1.33 bits per heavy atom. The molecule has 0 N–H and O–H groups in total. The number of ether oxygens (including phenoxy) is 1. The third kappa shape index (κ3) is 2.94. The van der Waals surface area contributed by atoms with Crippen LogP contribution in [-0.4, -0.2) is 31.2 Å². The molecule has 1 saturated heterocycles. The predicted molar refractivity (Wildman–Crippen MR) is 65.2 cm³/mol. The predicted octanol–water partition coefficient (Wildman–Crippen LogP) is 2.93. The van der Waals surface area contributed by atoms with Gasteiger partial charge >= 0.3 is 0 Å². The van der Waals surface area contributed by atoms with Crippen LogP contribution in [0.4, 0.5) is 0 Å². The first-order valence-electron chi connectivity index (χ1n) is 5.00. The molecular formula is C11H13BrClNO. The van der Waals surface area contributed by atoms with Crippen molar-refractivity contribution in [2.45, 2.75) is 6.54 Å². The first kappa shape index (κ1) is 11.4. The van der Waals surface area contributed by atoms with E-state index in [1.165, 1.54) is 5.56 Å². The van der Waals surface area contributed by atoms with E-state index in [-0.39, 0.29) is 0 Å². The van der Waals surface area contributed by atoms with Crippen LogP contribution in [0.25, 0.3) is 0 Å². The van der Waals surface area contributed by atoms with Gasteiger partial charge in [0.1, 0.15) is 0 Å². The highest BCUT2D eigenvalue weighted by Gasteiger charge is 2.13. The largest absolute Gasteiger partial charge is 0.379 e. The van der Waals surface area contributed by atoms with Gasteiger partial charge in [-0.15, -0.1) is 0 Å². The van der Waals surface area contributed by atoms with Crippen LogP contribution in [-0.2, 0) is 11.3 Å². The number of halogens is 2. The number of hydrogen-bond donors (Lipinski definition) is 0. The van der Waals surface area contributed by atoms with Gasteiger partial charge in [-0.05, 0) is 17.7 Å². The summed E-state index contributed by atoms with van der Waals surface area (Å²) in [6, 6.07) is 5.92. The fraction of sp³-hybridized carbons (Fsp3) is 0.455. The molecule has 2 nitrogen and oxygen atoms in total. The van der Waals surface area contributed by atoms with Gasteiger partial charge in [-0.25, -0.2) is 0 Å². The minimum absolute atomic E-state index is 0.821. The minimum Gasteiger partial charge on any atom is -0.379 e. The Morgan fingerprint density at radius 3 is 2.73 bits per heavy atom. The molecule has 1 aromatic rings. The Morgan fingerprint density at radius 2 is 2.07 bits per heavy atom. The Labute approximate surface area is 103 Å². The quantitative estimate of drug-likeness (QED) is 0.830. The topological polar surface area (TPSA) is 12.5 Å². The zero-order valence-electron chi connectivity index (χ0n) is 8.38. The molecule has 82 valence electrons. The van der Waals surface area contributed by atoms with Gasteiger partial charge in [-0.2, -0.15) is 0 Å². The number of hydrogen-bond acceptors (Lipinski definition) is 2. The van der Waals surface area contributed by atoms with Crippen molar-refractivity contribution in [2.75, 3.05) is 26.3 Å². The molecule has 0 aromatic heterocycles. The second-order valence-electron chi connectivity index (χ2n) is 3.59. The third-order valence-corrected chi connectivity index (χ3v) is 3.64. The van der Waals surface area contributed by atoms with E-state index in [9.17, 15) is 0 Å². The van der Waals surface area contributed by atoms with Crippen molar-refractivity contribution in [2.24, 2.45) is 0 Å². The molecular weight excluding hydrogens is 277 g/mol. The summed E-state index contributed by atoms with van der Waals surface area (Å²) in [6.45, 7) is 4.50. The zero-order valence-corrected chi connectivity index (χ0v) is 10.7. The summed E-state index contributed by atoms with van der Waals surface area (Å²) in [7, 11) is 0. The summed E-state index contributed by atoms with van der Waals surface area (Å²) < 4.78 is 6.40. The smallest absolute Gasteiger partial charge is 0.0594 e. The highest BCUT2D eigenvalue weighted by atomic mass is 79.9. The van der Waals surface area contributed by atoms with E-state index in [0.29, 0.717) is 0 Å². The third-order valence-electron chi connectivity index (χ3n) is 2.55. The van der Waals surface area contributed by atoms with E-state index in [1.807, 2.05) is 18.2 Å². The lowest BCUT2D eigenvalue weighted by Crippen LogP contribution is -2.35. The maximum Gasteiger partial charge on any atom is 0.0594 e. The van der Waals surface area contributed by atoms with Gasteiger partial charge in [-0.3, -0.25) is 4.90 Å². The van der Waals surface area contributed by atoms with E-state index >= 15 is 0 Å². The Bertz CT molecular complexity index is 319. The SMILES string of the molecule is Clc1cccc(Br)c1CN1CCOCC1. The molecule has 0 saturated carbocycles. The lowest BCUT2D eigenvalue weighted by Gasteiger charge is -2.27. The van der Waals surface area contributed by atoms with Gasteiger partial charge in [-0.1, -0.05) is 33.6 Å². The molecule has 0 amide bonds. The van der Waals surface area contributed by atoms with Crippen molar-refractivity contribution in [1.29, 1.82) is 0 Å². The first-order valence-corrected chi connectivity index (χ1v) is 6.17. The summed E-state index contributed by atoms with van der Waals surface area (Å²) in [5.74, 6) is 0. The number of rotatable bonds is 2. The fourth-order valence-corrected chi connectivity index (χ4v) is 2.51. The Hall–Kier alpha value is -0.0900. The Balaban J connectivity index is 2.09. The Kier molecular flexibility index (Phi) is 4.03. The summed E-state index contributed by atoms with van der Waals surface area (Å²) in [5.41, 5.74) is 1.17. The van der Waals surface area contributed by atoms with E-state index in [0.717, 1.165) is 42.3 Å². The van der Waals surface area contributed by atoms with Crippen LogP contribution in [0.5, 0.6) is 0 Å². The van der Waals surface area contributed by atoms with E-state index in [1.54, 1.807) is 0 Å². The van der Waals surface area contributed by atoms with Crippen LogP contribution in [0.3, 0.4) is 0 Å². The normalized spacial score (nSPS) is 18.0. The minimum atomic E-state index is 0.821. The lowest BCUT2D eigenvalue weighted by molar-refractivity contribution is 0.0341. The summed E-state index contributed by atoms with van der Waals surface area (Å²) in [4.78, 5) is 2.36. The molecule has 1 aromatic carbocycles. The molecule has 0 aliphatic carbocycles. The van der Waals surface area contributed by atoms with E-state index in [4.69, 9.17) is 16.3 Å². The molecule has 1 fully saturated rings. The van der Waals surface area contributed by atoms with Gasteiger partial charge in [0.25, 0.3) is 0 Å². The van der Waals surface area contributed by atoms with Crippen molar-refractivity contribution in [3.8, 4) is 0 Å². The van der Waals surface area contributed by atoms with Gasteiger partial charge in [0.2, 0.25) is 0 Å². The molecule has 1 aliphatic rings. The standard InChI is InChI=1S/C11H13BrClNO/c12-10-2-1-3-11(13)9(10)8-14-4-6-15-7-5-14/h1-3H,4-8H2. The van der Waals surface area contributed by atoms with E-state index in [2.05, 4.69) is 20.8 Å². The van der Waals surface area contributed by atoms with E-state index < -0.39 is 0 Å². The molecule has 4 heteroatoms. The molecule has 0 atom stereocenters. The molecule has 0 spiro atoms. The van der Waals surface area contributed by atoms with Crippen LogP contribution >= 0.6 is 27.5 Å². The maximum atomic E-state index is 6.16. The highest BCUT2D eigenvalue weighted by Crippen LogP contribution is 2.26. The van der Waals surface area contributed by atoms with Crippen molar-refractivity contribution >= 4 is 27.5 Å². The van der Waals surface area contributed by atoms with Gasteiger partial charge in [0.15, 0.2) is 0 Å². The number of morpholine rings is 1. The lowest BCUT2D eigenvalue weighted by atomic mass is 10.2. The molecule has 0 unspecified atom stereocenters. The molecule has 15 heavy (non-hydrogen) atoms. The average Bonchev–Trinajstić information content (AvgIpc) is 2.25. The number of nitrogens with zero attached hydrogens (tertiary/aromatic N) is 1. The van der Waals surface area contributed by atoms with Gasteiger partial charge in [0, 0.05) is 29.1 Å². The fourth-order valence-electron chi connectivity index (χ4n) is 1.67. The molecule has 1 aliphatic heterocycles. The average molecular weight is 291 g/mol. The zero-order chi connectivity index (χ0) is 10.7. The van der Waals surface area contributed by atoms with Crippen molar-refractivity contribution in [3.05, 3.63) is 33.3 Å². The summed E-state index contributed by atoms with van der Waals surface area (Å²) in [5, 5.41) is 0.830. The van der Waals surface area contributed by atoms with Gasteiger partial charge in [0.05, 0.1) is 13.2 Å². The molecule has 0 bridgehead atoms. The van der Waals surface area contributed by atoms with Crippen LogP contribution < -0.4 is 0 Å². The monoisotopic (exact) mass is 289 g/mol. The molecule has 1 heterocycles. The van der Waals surface area contributed by atoms with Crippen molar-refractivity contribution < 1.29 is 4.74 Å². The number of benzene rings is 1. The highest BCUT2D eigenvalue weighted by molar-refractivity contribution is 9.10. The van der Waals surface area contributed by atoms with Crippen LogP contribution in [0, 0.1) is 0 Å². The van der Waals surface area contributed by atoms with Crippen molar-refractivity contribution in [3.63, 3.8) is 0 Å². The molecule has 2 rings (SSSR count). The maximum absolute atomic E-state index is 6.16. The summed E-state index contributed by atoms with van der Waals surface area (Å²) in [6.07, 6.45) is 0. The second-order valence-corrected chi connectivity index (χ2v) is 4.85. The second kappa shape index (κ2) is 5.30. The van der Waals surface area contributed by atoms with Crippen LogP contribution in [0.2, 0.25) is 5.02 Å². The van der Waals surface area contributed by atoms with Crippen LogP contribution in [0.15, 0.2) is 22.7 Å². The van der Waals surface area contributed by atoms with Crippen molar-refractivity contribution in [1.82, 2.24) is 4.90 Å². The van der Waals surface area contributed by atoms with Crippen LogP contribution in [0.1, 0.15) is 5.56 Å². The first-order chi connectivity index (χ1) is 7.27. The summed E-state index contributed by atoms with van der Waals surface area (Å²) >= 11 is 9.69. The molecule has 0 radical (unpaired) electrons. The van der Waals surface area contributed by atoms with Gasteiger partial charge < -0.3 is 4.74 Å².